The molecule has 1 aromatic carbocycles. The minimum Gasteiger partial charge on any atom is -0.394 e. The predicted molar refractivity (Wildman–Crippen MR) is 72.0 cm³/mol. The van der Waals surface area contributed by atoms with E-state index in [0.29, 0.717) is 0 Å². The summed E-state index contributed by atoms with van der Waals surface area (Å²) in [7, 11) is -2.77. The molecule has 0 spiro atoms. The number of aryl methyl sites for hydroxylation is 1. The first-order valence-corrected chi connectivity index (χ1v) is 7.77. The van der Waals surface area contributed by atoms with E-state index in [2.05, 4.69) is 0 Å². The molecule has 4 atom stereocenters. The van der Waals surface area contributed by atoms with Gasteiger partial charge in [0.25, 0.3) is 10.1 Å². The van der Waals surface area contributed by atoms with Crippen LogP contribution in [0.25, 0.3) is 0 Å². The highest BCUT2D eigenvalue weighted by atomic mass is 32.2. The lowest BCUT2D eigenvalue weighted by Gasteiger charge is -2.19. The van der Waals surface area contributed by atoms with Crippen LogP contribution in [-0.4, -0.2) is 56.9 Å². The summed E-state index contributed by atoms with van der Waals surface area (Å²) in [5.41, 5.74) is 0.910. The predicted octanol–water partition coefficient (Wildman–Crippen LogP) is -0.207. The van der Waals surface area contributed by atoms with Crippen molar-refractivity contribution in [2.24, 2.45) is 0 Å². The third kappa shape index (κ3) is 3.42. The molecular formula is C13H18O7S. The first kappa shape index (κ1) is 16.3. The first-order valence-electron chi connectivity index (χ1n) is 6.36. The molecule has 1 fully saturated rings. The molecule has 0 bridgehead atoms. The average Bonchev–Trinajstić information content (AvgIpc) is 2.75. The van der Waals surface area contributed by atoms with Crippen LogP contribution in [0.5, 0.6) is 0 Å². The van der Waals surface area contributed by atoms with Gasteiger partial charge in [0.05, 0.1) is 11.5 Å². The Morgan fingerprint density at radius 1 is 1.29 bits per heavy atom. The lowest BCUT2D eigenvalue weighted by atomic mass is 10.1. The van der Waals surface area contributed by atoms with Gasteiger partial charge in [0.15, 0.2) is 12.4 Å². The van der Waals surface area contributed by atoms with Crippen LogP contribution in [0, 0.1) is 6.92 Å². The van der Waals surface area contributed by atoms with Gasteiger partial charge in [-0.15, -0.1) is 0 Å². The van der Waals surface area contributed by atoms with Crippen LogP contribution >= 0.6 is 0 Å². The number of methoxy groups -OCH3 is 1. The second-order valence-corrected chi connectivity index (χ2v) is 6.35. The zero-order chi connectivity index (χ0) is 15.6. The van der Waals surface area contributed by atoms with Crippen molar-refractivity contribution < 1.29 is 32.3 Å². The zero-order valence-corrected chi connectivity index (χ0v) is 12.5. The van der Waals surface area contributed by atoms with E-state index in [4.69, 9.17) is 18.8 Å². The average molecular weight is 318 g/mol. The molecule has 118 valence electrons. The Bertz CT molecular complexity index is 567. The van der Waals surface area contributed by atoms with Crippen LogP contribution in [-0.2, 0) is 23.8 Å². The second kappa shape index (κ2) is 6.39. The SMILES string of the molecule is COC1OC(CO)C(O)C1OS(=O)(=O)c1ccc(C)cc1. The van der Waals surface area contributed by atoms with Crippen LogP contribution in [0.2, 0.25) is 0 Å². The molecule has 1 aromatic rings. The maximum Gasteiger partial charge on any atom is 0.297 e. The maximum atomic E-state index is 12.2. The molecule has 0 aliphatic carbocycles. The third-order valence-electron chi connectivity index (χ3n) is 3.25. The Balaban J connectivity index is 2.21. The van der Waals surface area contributed by atoms with E-state index in [1.807, 2.05) is 6.92 Å². The van der Waals surface area contributed by atoms with E-state index in [1.165, 1.54) is 19.2 Å². The molecule has 7 nitrogen and oxygen atoms in total. The Labute approximate surface area is 123 Å². The summed E-state index contributed by atoms with van der Waals surface area (Å²) in [6, 6.07) is 6.11. The van der Waals surface area contributed by atoms with Crippen molar-refractivity contribution in [3.8, 4) is 0 Å². The summed E-state index contributed by atoms with van der Waals surface area (Å²) in [6.07, 6.45) is -4.57. The summed E-state index contributed by atoms with van der Waals surface area (Å²) in [4.78, 5) is -0.0254. The van der Waals surface area contributed by atoms with E-state index in [1.54, 1.807) is 12.1 Å². The Hall–Kier alpha value is -1.03. The lowest BCUT2D eigenvalue weighted by Crippen LogP contribution is -2.38. The number of benzene rings is 1. The zero-order valence-electron chi connectivity index (χ0n) is 11.7. The molecule has 0 amide bonds. The summed E-state index contributed by atoms with van der Waals surface area (Å²) < 4.78 is 39.5. The van der Waals surface area contributed by atoms with Crippen LogP contribution in [0.3, 0.4) is 0 Å². The summed E-state index contributed by atoms with van der Waals surface area (Å²) in [5, 5.41) is 19.0. The van der Waals surface area contributed by atoms with Crippen molar-refractivity contribution in [2.75, 3.05) is 13.7 Å². The molecule has 21 heavy (non-hydrogen) atoms. The minimum absolute atomic E-state index is 0.0254. The number of rotatable bonds is 5. The van der Waals surface area contributed by atoms with Crippen molar-refractivity contribution in [1.29, 1.82) is 0 Å². The van der Waals surface area contributed by atoms with Crippen molar-refractivity contribution in [2.45, 2.75) is 36.4 Å². The quantitative estimate of drug-likeness (QED) is 0.724. The van der Waals surface area contributed by atoms with Gasteiger partial charge in [-0.3, -0.25) is 4.18 Å². The van der Waals surface area contributed by atoms with Crippen LogP contribution in [0.15, 0.2) is 29.2 Å². The highest BCUT2D eigenvalue weighted by Gasteiger charge is 2.47. The molecule has 8 heteroatoms. The van der Waals surface area contributed by atoms with E-state index < -0.39 is 41.3 Å². The van der Waals surface area contributed by atoms with Crippen LogP contribution in [0.1, 0.15) is 5.56 Å². The summed E-state index contributed by atoms with van der Waals surface area (Å²) >= 11 is 0. The van der Waals surface area contributed by atoms with Gasteiger partial charge in [-0.25, -0.2) is 0 Å². The van der Waals surface area contributed by atoms with Crippen molar-refractivity contribution in [3.05, 3.63) is 29.8 Å². The number of ether oxygens (including phenoxy) is 2. The minimum atomic E-state index is -4.07. The van der Waals surface area contributed by atoms with E-state index in [-0.39, 0.29) is 4.90 Å². The molecule has 1 saturated heterocycles. The fourth-order valence-corrected chi connectivity index (χ4v) is 3.13. The van der Waals surface area contributed by atoms with E-state index >= 15 is 0 Å². The summed E-state index contributed by atoms with van der Waals surface area (Å²) in [6.45, 7) is 1.37. The van der Waals surface area contributed by atoms with Crippen LogP contribution in [0.4, 0.5) is 0 Å². The maximum absolute atomic E-state index is 12.2. The Kier molecular flexibility index (Phi) is 4.97. The van der Waals surface area contributed by atoms with Crippen molar-refractivity contribution in [1.82, 2.24) is 0 Å². The van der Waals surface area contributed by atoms with Crippen molar-refractivity contribution >= 4 is 10.1 Å². The smallest absolute Gasteiger partial charge is 0.297 e. The number of aliphatic hydroxyl groups is 2. The molecule has 4 unspecified atom stereocenters. The van der Waals surface area contributed by atoms with Gasteiger partial charge in [-0.05, 0) is 19.1 Å². The van der Waals surface area contributed by atoms with Gasteiger partial charge in [0, 0.05) is 7.11 Å². The normalized spacial score (nSPS) is 29.7. The van der Waals surface area contributed by atoms with Gasteiger partial charge < -0.3 is 19.7 Å². The van der Waals surface area contributed by atoms with Crippen molar-refractivity contribution in [3.63, 3.8) is 0 Å². The third-order valence-corrected chi connectivity index (χ3v) is 4.58. The van der Waals surface area contributed by atoms with Gasteiger partial charge in [0.1, 0.15) is 12.2 Å². The van der Waals surface area contributed by atoms with Gasteiger partial charge >= 0.3 is 0 Å². The highest BCUT2D eigenvalue weighted by molar-refractivity contribution is 7.86. The van der Waals surface area contributed by atoms with Gasteiger partial charge in [-0.1, -0.05) is 17.7 Å². The fraction of sp³-hybridized carbons (Fsp3) is 0.538. The number of hydrogen-bond acceptors (Lipinski definition) is 7. The van der Waals surface area contributed by atoms with Crippen LogP contribution < -0.4 is 0 Å². The highest BCUT2D eigenvalue weighted by Crippen LogP contribution is 2.27. The van der Waals surface area contributed by atoms with Gasteiger partial charge in [-0.2, -0.15) is 8.42 Å². The summed E-state index contributed by atoms with van der Waals surface area (Å²) in [5.74, 6) is 0. The second-order valence-electron chi connectivity index (χ2n) is 4.78. The molecule has 1 heterocycles. The molecule has 0 aromatic heterocycles. The first-order chi connectivity index (χ1) is 9.89. The standard InChI is InChI=1S/C13H18O7S/c1-8-3-5-9(6-4-8)21(16,17)20-12-11(15)10(7-14)19-13(12)18-2/h3-6,10-15H,7H2,1-2H3. The van der Waals surface area contributed by atoms with E-state index in [0.717, 1.165) is 5.56 Å². The molecule has 0 radical (unpaired) electrons. The lowest BCUT2D eigenvalue weighted by molar-refractivity contribution is -0.148. The monoisotopic (exact) mass is 318 g/mol. The van der Waals surface area contributed by atoms with Gasteiger partial charge in [0.2, 0.25) is 0 Å². The number of hydrogen-bond donors (Lipinski definition) is 2. The molecule has 0 saturated carbocycles. The molecule has 1 aliphatic rings. The number of aliphatic hydroxyl groups excluding tert-OH is 2. The fourth-order valence-electron chi connectivity index (χ4n) is 2.05. The molecule has 2 N–H and O–H groups in total. The molecule has 2 rings (SSSR count). The largest absolute Gasteiger partial charge is 0.394 e. The Morgan fingerprint density at radius 3 is 2.43 bits per heavy atom. The molecular weight excluding hydrogens is 300 g/mol. The molecule has 1 aliphatic heterocycles. The Morgan fingerprint density at radius 2 is 1.90 bits per heavy atom. The van der Waals surface area contributed by atoms with E-state index in [9.17, 15) is 13.5 Å². The topological polar surface area (TPSA) is 102 Å².